The van der Waals surface area contributed by atoms with E-state index in [0.29, 0.717) is 0 Å². The Labute approximate surface area is 126 Å². The molecule has 0 aromatic heterocycles. The molecule has 1 fully saturated rings. The zero-order chi connectivity index (χ0) is 12.1. The smallest absolute Gasteiger partial charge is 0.238 e. The van der Waals surface area contributed by atoms with Crippen molar-refractivity contribution < 1.29 is 4.79 Å². The predicted molar refractivity (Wildman–Crippen MR) is 82.1 cm³/mol. The molecule has 19 heavy (non-hydrogen) atoms. The van der Waals surface area contributed by atoms with Crippen LogP contribution in [0.3, 0.4) is 0 Å². The van der Waals surface area contributed by atoms with Crippen molar-refractivity contribution in [1.82, 2.24) is 15.5 Å². The Morgan fingerprint density at radius 3 is 2.68 bits per heavy atom. The summed E-state index contributed by atoms with van der Waals surface area (Å²) in [5.41, 5.74) is 1.25. The van der Waals surface area contributed by atoms with E-state index in [4.69, 9.17) is 0 Å². The molecule has 6 heteroatoms. The standard InChI is InChI=1S/C13H19N3O.2ClH/c1-14-13(17)12-9-15-7-8-16(12)10-11-5-3-2-4-6-11;;/h2-6,12,15H,7-10H2,1H3,(H,14,17);2*1H. The van der Waals surface area contributed by atoms with Gasteiger partial charge in [-0.15, -0.1) is 24.8 Å². The summed E-state index contributed by atoms with van der Waals surface area (Å²) in [5.74, 6) is 0.0909. The zero-order valence-electron chi connectivity index (χ0n) is 11.0. The van der Waals surface area contributed by atoms with Crippen molar-refractivity contribution >= 4 is 30.7 Å². The summed E-state index contributed by atoms with van der Waals surface area (Å²) in [4.78, 5) is 14.0. The maximum absolute atomic E-state index is 11.8. The van der Waals surface area contributed by atoms with Gasteiger partial charge in [-0.05, 0) is 5.56 Å². The minimum Gasteiger partial charge on any atom is -0.358 e. The third-order valence-corrected chi connectivity index (χ3v) is 3.13. The lowest BCUT2D eigenvalue weighted by molar-refractivity contribution is -0.126. The lowest BCUT2D eigenvalue weighted by Gasteiger charge is -2.34. The van der Waals surface area contributed by atoms with Crippen molar-refractivity contribution in [2.45, 2.75) is 12.6 Å². The van der Waals surface area contributed by atoms with Gasteiger partial charge in [0.25, 0.3) is 0 Å². The molecule has 0 radical (unpaired) electrons. The minimum atomic E-state index is -0.0612. The predicted octanol–water partition coefficient (Wildman–Crippen LogP) is 1.05. The second-order valence-electron chi connectivity index (χ2n) is 4.29. The summed E-state index contributed by atoms with van der Waals surface area (Å²) in [7, 11) is 1.69. The Morgan fingerprint density at radius 2 is 2.05 bits per heavy atom. The van der Waals surface area contributed by atoms with Crippen LogP contribution in [0, 0.1) is 0 Å². The first-order valence-corrected chi connectivity index (χ1v) is 6.01. The van der Waals surface area contributed by atoms with Crippen LogP contribution in [0.15, 0.2) is 30.3 Å². The Balaban J connectivity index is 0.00000162. The van der Waals surface area contributed by atoms with E-state index in [0.717, 1.165) is 26.2 Å². The van der Waals surface area contributed by atoms with Gasteiger partial charge in [-0.1, -0.05) is 30.3 Å². The second kappa shape index (κ2) is 9.15. The van der Waals surface area contributed by atoms with Gasteiger partial charge in [0.05, 0.1) is 0 Å². The third kappa shape index (κ3) is 4.99. The molecule has 1 aliphatic heterocycles. The molecular formula is C13H21Cl2N3O. The van der Waals surface area contributed by atoms with Crippen LogP contribution in [0.2, 0.25) is 0 Å². The van der Waals surface area contributed by atoms with Crippen LogP contribution in [-0.4, -0.2) is 43.5 Å². The van der Waals surface area contributed by atoms with Crippen molar-refractivity contribution in [2.75, 3.05) is 26.7 Å². The maximum Gasteiger partial charge on any atom is 0.238 e. The lowest BCUT2D eigenvalue weighted by atomic mass is 10.1. The molecule has 0 aliphatic carbocycles. The molecule has 1 heterocycles. The molecule has 1 amide bonds. The fourth-order valence-electron chi connectivity index (χ4n) is 2.18. The van der Waals surface area contributed by atoms with Crippen LogP contribution >= 0.6 is 24.8 Å². The number of nitrogens with zero attached hydrogens (tertiary/aromatic N) is 1. The largest absolute Gasteiger partial charge is 0.358 e. The number of halogens is 2. The SMILES string of the molecule is CNC(=O)C1CNCCN1Cc1ccccc1.Cl.Cl. The van der Waals surface area contributed by atoms with Gasteiger partial charge in [-0.3, -0.25) is 9.69 Å². The molecule has 1 saturated heterocycles. The van der Waals surface area contributed by atoms with E-state index in [-0.39, 0.29) is 36.8 Å². The minimum absolute atomic E-state index is 0. The summed E-state index contributed by atoms with van der Waals surface area (Å²) in [6.45, 7) is 3.42. The van der Waals surface area contributed by atoms with Crippen LogP contribution in [-0.2, 0) is 11.3 Å². The molecule has 1 atom stereocenters. The van der Waals surface area contributed by atoms with Crippen LogP contribution < -0.4 is 10.6 Å². The Bertz CT molecular complexity index is 375. The summed E-state index contributed by atoms with van der Waals surface area (Å²) < 4.78 is 0. The van der Waals surface area contributed by atoms with Gasteiger partial charge in [-0.2, -0.15) is 0 Å². The average molecular weight is 306 g/mol. The van der Waals surface area contributed by atoms with Crippen LogP contribution in [0.5, 0.6) is 0 Å². The number of amides is 1. The van der Waals surface area contributed by atoms with Gasteiger partial charge in [0.2, 0.25) is 5.91 Å². The molecule has 108 valence electrons. The van der Waals surface area contributed by atoms with Gasteiger partial charge in [0, 0.05) is 33.2 Å². The number of carbonyl (C=O) groups excluding carboxylic acids is 1. The number of nitrogens with one attached hydrogen (secondary N) is 2. The molecule has 1 aliphatic rings. The first-order valence-electron chi connectivity index (χ1n) is 6.01. The van der Waals surface area contributed by atoms with E-state index in [1.807, 2.05) is 18.2 Å². The van der Waals surface area contributed by atoms with Gasteiger partial charge >= 0.3 is 0 Å². The number of likely N-dealkylation sites (N-methyl/N-ethyl adjacent to an activating group) is 1. The fourth-order valence-corrected chi connectivity index (χ4v) is 2.18. The van der Waals surface area contributed by atoms with E-state index in [1.54, 1.807) is 7.05 Å². The fraction of sp³-hybridized carbons (Fsp3) is 0.462. The van der Waals surface area contributed by atoms with Crippen LogP contribution in [0.1, 0.15) is 5.56 Å². The molecule has 0 saturated carbocycles. The van der Waals surface area contributed by atoms with Crippen LogP contribution in [0.25, 0.3) is 0 Å². The zero-order valence-corrected chi connectivity index (χ0v) is 12.6. The summed E-state index contributed by atoms with van der Waals surface area (Å²) >= 11 is 0. The van der Waals surface area contributed by atoms with E-state index < -0.39 is 0 Å². The number of hydrogen-bond acceptors (Lipinski definition) is 3. The van der Waals surface area contributed by atoms with Crippen LogP contribution in [0.4, 0.5) is 0 Å². The number of carbonyl (C=O) groups is 1. The van der Waals surface area contributed by atoms with E-state index >= 15 is 0 Å². The molecule has 2 N–H and O–H groups in total. The monoisotopic (exact) mass is 305 g/mol. The molecular weight excluding hydrogens is 285 g/mol. The third-order valence-electron chi connectivity index (χ3n) is 3.13. The van der Waals surface area contributed by atoms with Gasteiger partial charge in [0.15, 0.2) is 0 Å². The van der Waals surface area contributed by atoms with E-state index in [1.165, 1.54) is 5.56 Å². The van der Waals surface area contributed by atoms with Crippen molar-refractivity contribution in [3.05, 3.63) is 35.9 Å². The first kappa shape index (κ1) is 18.2. The highest BCUT2D eigenvalue weighted by Gasteiger charge is 2.27. The van der Waals surface area contributed by atoms with Gasteiger partial charge in [0.1, 0.15) is 6.04 Å². The molecule has 1 unspecified atom stereocenters. The number of piperazine rings is 1. The molecule has 1 aromatic carbocycles. The Kier molecular flexibility index (Phi) is 8.76. The van der Waals surface area contributed by atoms with Gasteiger partial charge < -0.3 is 10.6 Å². The molecule has 2 rings (SSSR count). The van der Waals surface area contributed by atoms with Crippen molar-refractivity contribution in [3.8, 4) is 0 Å². The van der Waals surface area contributed by atoms with E-state index in [2.05, 4.69) is 27.7 Å². The number of rotatable bonds is 3. The van der Waals surface area contributed by atoms with Crippen molar-refractivity contribution in [1.29, 1.82) is 0 Å². The Hall–Kier alpha value is -0.810. The highest BCUT2D eigenvalue weighted by Crippen LogP contribution is 2.10. The highest BCUT2D eigenvalue weighted by molar-refractivity contribution is 5.85. The topological polar surface area (TPSA) is 44.4 Å². The summed E-state index contributed by atoms with van der Waals surface area (Å²) in [5, 5.41) is 5.99. The molecule has 0 spiro atoms. The molecule has 0 bridgehead atoms. The van der Waals surface area contributed by atoms with Crippen molar-refractivity contribution in [2.24, 2.45) is 0 Å². The van der Waals surface area contributed by atoms with Crippen molar-refractivity contribution in [3.63, 3.8) is 0 Å². The van der Waals surface area contributed by atoms with Gasteiger partial charge in [-0.25, -0.2) is 0 Å². The lowest BCUT2D eigenvalue weighted by Crippen LogP contribution is -2.56. The first-order chi connectivity index (χ1) is 8.31. The molecule has 4 nitrogen and oxygen atoms in total. The quantitative estimate of drug-likeness (QED) is 0.877. The summed E-state index contributed by atoms with van der Waals surface area (Å²) in [6, 6.07) is 10.2. The normalized spacial score (nSPS) is 18.9. The summed E-state index contributed by atoms with van der Waals surface area (Å²) in [6.07, 6.45) is 0. The van der Waals surface area contributed by atoms with E-state index in [9.17, 15) is 4.79 Å². The Morgan fingerprint density at radius 1 is 1.37 bits per heavy atom. The molecule has 1 aromatic rings. The number of benzene rings is 1. The second-order valence-corrected chi connectivity index (χ2v) is 4.29. The highest BCUT2D eigenvalue weighted by atomic mass is 35.5. The average Bonchev–Trinajstić information content (AvgIpc) is 2.40. The number of hydrogen-bond donors (Lipinski definition) is 2. The maximum atomic E-state index is 11.8.